The molecule has 1 amide bonds. The predicted molar refractivity (Wildman–Crippen MR) is 97.0 cm³/mol. The van der Waals surface area contributed by atoms with Crippen molar-refractivity contribution in [2.45, 2.75) is 18.1 Å². The molecule has 0 radical (unpaired) electrons. The molecule has 3 rings (SSSR count). The monoisotopic (exact) mass is 392 g/mol. The Morgan fingerprint density at radius 2 is 2.00 bits per heavy atom. The second-order valence-electron chi connectivity index (χ2n) is 6.08. The standard InChI is InChI=1S/C18H20N2O6S/c1-24-17(23)12-6-8-20(9-7-12)15(21)10-25-16(22)11-27-18-19-13-4-2-3-5-14(13)26-18/h2-5,12H,6-11H2,1H3. The number of likely N-dealkylation sites (tertiary alicyclic amines) is 1. The Labute approximate surface area is 160 Å². The molecule has 0 spiro atoms. The zero-order chi connectivity index (χ0) is 19.2. The summed E-state index contributed by atoms with van der Waals surface area (Å²) in [4.78, 5) is 41.3. The van der Waals surface area contributed by atoms with Crippen LogP contribution in [0.25, 0.3) is 11.1 Å². The molecule has 1 saturated heterocycles. The van der Waals surface area contributed by atoms with Gasteiger partial charge in [0.2, 0.25) is 0 Å². The van der Waals surface area contributed by atoms with Crippen molar-refractivity contribution in [2.75, 3.05) is 32.6 Å². The first kappa shape index (κ1) is 19.2. The van der Waals surface area contributed by atoms with E-state index in [4.69, 9.17) is 13.9 Å². The molecule has 144 valence electrons. The molecule has 27 heavy (non-hydrogen) atoms. The second kappa shape index (κ2) is 8.90. The molecule has 1 aromatic heterocycles. The van der Waals surface area contributed by atoms with Crippen LogP contribution in [0.15, 0.2) is 33.9 Å². The van der Waals surface area contributed by atoms with E-state index in [2.05, 4.69) is 4.98 Å². The van der Waals surface area contributed by atoms with E-state index in [9.17, 15) is 14.4 Å². The van der Waals surface area contributed by atoms with E-state index in [0.717, 1.165) is 17.3 Å². The molecule has 0 bridgehead atoms. The number of hydrogen-bond donors (Lipinski definition) is 0. The minimum absolute atomic E-state index is 0.00448. The van der Waals surface area contributed by atoms with Gasteiger partial charge in [0.1, 0.15) is 11.3 Å². The van der Waals surface area contributed by atoms with Crippen LogP contribution in [-0.2, 0) is 23.9 Å². The molecule has 9 heteroatoms. The average Bonchev–Trinajstić information content (AvgIpc) is 3.13. The lowest BCUT2D eigenvalue weighted by atomic mass is 9.97. The maximum absolute atomic E-state index is 12.1. The van der Waals surface area contributed by atoms with Gasteiger partial charge in [-0.2, -0.15) is 0 Å². The number of ether oxygens (including phenoxy) is 2. The first-order valence-corrected chi connectivity index (χ1v) is 9.55. The number of rotatable bonds is 6. The van der Waals surface area contributed by atoms with Gasteiger partial charge in [0.05, 0.1) is 13.0 Å². The SMILES string of the molecule is COC(=O)C1CCN(C(=O)COC(=O)CSc2nc3ccccc3o2)CC1. The lowest BCUT2D eigenvalue weighted by molar-refractivity contribution is -0.152. The molecule has 0 saturated carbocycles. The van der Waals surface area contributed by atoms with Crippen LogP contribution < -0.4 is 0 Å². The van der Waals surface area contributed by atoms with Gasteiger partial charge in [-0.25, -0.2) is 4.98 Å². The highest BCUT2D eigenvalue weighted by Gasteiger charge is 2.28. The van der Waals surface area contributed by atoms with E-state index in [1.54, 1.807) is 11.0 Å². The zero-order valence-corrected chi connectivity index (χ0v) is 15.7. The number of thioether (sulfide) groups is 1. The molecule has 0 atom stereocenters. The number of methoxy groups -OCH3 is 1. The molecule has 1 fully saturated rings. The number of piperidine rings is 1. The Balaban J connectivity index is 1.38. The van der Waals surface area contributed by atoms with Gasteiger partial charge in [-0.15, -0.1) is 0 Å². The largest absolute Gasteiger partial charge is 0.469 e. The summed E-state index contributed by atoms with van der Waals surface area (Å²) in [5.41, 5.74) is 1.37. The summed E-state index contributed by atoms with van der Waals surface area (Å²) < 4.78 is 15.3. The maximum Gasteiger partial charge on any atom is 0.316 e. The number of fused-ring (bicyclic) bond motifs is 1. The summed E-state index contributed by atoms with van der Waals surface area (Å²) in [6, 6.07) is 7.32. The molecule has 0 aliphatic carbocycles. The van der Waals surface area contributed by atoms with Gasteiger partial charge in [-0.3, -0.25) is 14.4 Å². The maximum atomic E-state index is 12.1. The minimum atomic E-state index is -0.514. The average molecular weight is 392 g/mol. The van der Waals surface area contributed by atoms with E-state index in [-0.39, 0.29) is 30.2 Å². The van der Waals surface area contributed by atoms with Gasteiger partial charge in [0, 0.05) is 13.1 Å². The fourth-order valence-corrected chi connectivity index (χ4v) is 3.48. The van der Waals surface area contributed by atoms with E-state index in [1.807, 2.05) is 18.2 Å². The second-order valence-corrected chi connectivity index (χ2v) is 7.00. The van der Waals surface area contributed by atoms with E-state index >= 15 is 0 Å². The van der Waals surface area contributed by atoms with Crippen molar-refractivity contribution in [3.05, 3.63) is 24.3 Å². The number of benzene rings is 1. The Morgan fingerprint density at radius 3 is 2.70 bits per heavy atom. The van der Waals surface area contributed by atoms with Gasteiger partial charge in [0.25, 0.3) is 11.1 Å². The summed E-state index contributed by atoms with van der Waals surface area (Å²) in [5, 5.41) is 0.379. The van der Waals surface area contributed by atoms with Gasteiger partial charge >= 0.3 is 11.9 Å². The summed E-state index contributed by atoms with van der Waals surface area (Å²) >= 11 is 1.12. The van der Waals surface area contributed by atoms with Crippen molar-refractivity contribution in [2.24, 2.45) is 5.92 Å². The van der Waals surface area contributed by atoms with E-state index in [1.165, 1.54) is 7.11 Å². The van der Waals surface area contributed by atoms with Gasteiger partial charge in [-0.05, 0) is 25.0 Å². The first-order chi connectivity index (χ1) is 13.1. The number of nitrogens with zero attached hydrogens (tertiary/aromatic N) is 2. The normalized spacial score (nSPS) is 14.9. The van der Waals surface area contributed by atoms with Crippen molar-refractivity contribution in [3.63, 3.8) is 0 Å². The number of carbonyl (C=O) groups excluding carboxylic acids is 3. The molecule has 2 aromatic rings. The fraction of sp³-hybridized carbons (Fsp3) is 0.444. The summed E-state index contributed by atoms with van der Waals surface area (Å²) in [6.07, 6.45) is 1.11. The highest BCUT2D eigenvalue weighted by Crippen LogP contribution is 2.23. The lowest BCUT2D eigenvalue weighted by Crippen LogP contribution is -2.42. The predicted octanol–water partition coefficient (Wildman–Crippen LogP) is 1.87. The third-order valence-corrected chi connectivity index (χ3v) is 5.13. The van der Waals surface area contributed by atoms with Crippen LogP contribution in [0.1, 0.15) is 12.8 Å². The molecule has 8 nitrogen and oxygen atoms in total. The Morgan fingerprint density at radius 1 is 1.26 bits per heavy atom. The summed E-state index contributed by atoms with van der Waals surface area (Å²) in [7, 11) is 1.36. The van der Waals surface area contributed by atoms with Crippen LogP contribution in [0, 0.1) is 5.92 Å². The molecule has 1 aromatic carbocycles. The van der Waals surface area contributed by atoms with Crippen molar-refractivity contribution in [3.8, 4) is 0 Å². The smallest absolute Gasteiger partial charge is 0.316 e. The van der Waals surface area contributed by atoms with Crippen LogP contribution in [0.3, 0.4) is 0 Å². The number of carbonyl (C=O) groups is 3. The van der Waals surface area contributed by atoms with Crippen LogP contribution in [0.2, 0.25) is 0 Å². The van der Waals surface area contributed by atoms with Gasteiger partial charge < -0.3 is 18.8 Å². The van der Waals surface area contributed by atoms with Crippen molar-refractivity contribution in [1.82, 2.24) is 9.88 Å². The number of oxazole rings is 1. The van der Waals surface area contributed by atoms with Crippen LogP contribution in [0.4, 0.5) is 0 Å². The van der Waals surface area contributed by atoms with Crippen LogP contribution >= 0.6 is 11.8 Å². The molecular weight excluding hydrogens is 372 g/mol. The van der Waals surface area contributed by atoms with Crippen LogP contribution in [0.5, 0.6) is 0 Å². The Hall–Kier alpha value is -2.55. The highest BCUT2D eigenvalue weighted by atomic mass is 32.2. The topological polar surface area (TPSA) is 98.9 Å². The van der Waals surface area contributed by atoms with E-state index in [0.29, 0.717) is 36.7 Å². The van der Waals surface area contributed by atoms with Crippen molar-refractivity contribution < 1.29 is 28.3 Å². The lowest BCUT2D eigenvalue weighted by Gasteiger charge is -2.30. The van der Waals surface area contributed by atoms with Crippen LogP contribution in [-0.4, -0.2) is 60.3 Å². The number of esters is 2. The Kier molecular flexibility index (Phi) is 6.33. The van der Waals surface area contributed by atoms with Gasteiger partial charge in [-0.1, -0.05) is 23.9 Å². The fourth-order valence-electron chi connectivity index (χ4n) is 2.84. The number of aromatic nitrogens is 1. The Bertz CT molecular complexity index is 795. The minimum Gasteiger partial charge on any atom is -0.469 e. The molecule has 0 N–H and O–H groups in total. The molecule has 1 aliphatic heterocycles. The number of para-hydroxylation sites is 2. The molecule has 1 aliphatic rings. The summed E-state index contributed by atoms with van der Waals surface area (Å²) in [5.74, 6) is -1.19. The van der Waals surface area contributed by atoms with Gasteiger partial charge in [0.15, 0.2) is 12.2 Å². The van der Waals surface area contributed by atoms with E-state index < -0.39 is 5.97 Å². The number of amides is 1. The molecule has 2 heterocycles. The summed E-state index contributed by atoms with van der Waals surface area (Å²) in [6.45, 7) is 0.595. The quantitative estimate of drug-likeness (QED) is 0.543. The van der Waals surface area contributed by atoms with Crippen molar-refractivity contribution in [1.29, 1.82) is 0 Å². The number of hydrogen-bond acceptors (Lipinski definition) is 8. The van der Waals surface area contributed by atoms with Crippen molar-refractivity contribution >= 4 is 40.7 Å². The molecule has 0 unspecified atom stereocenters. The third-order valence-electron chi connectivity index (χ3n) is 4.33. The first-order valence-electron chi connectivity index (χ1n) is 8.56. The highest BCUT2D eigenvalue weighted by molar-refractivity contribution is 7.99. The molecular formula is C18H20N2O6S. The third kappa shape index (κ3) is 5.00. The zero-order valence-electron chi connectivity index (χ0n) is 14.9.